The second-order valence-electron chi connectivity index (χ2n) is 23.2. The normalized spacial score (nSPS) is 14.7. The third-order valence-electron chi connectivity index (χ3n) is 14.6. The van der Waals surface area contributed by atoms with Crippen molar-refractivity contribution in [3.63, 3.8) is 0 Å². The Bertz CT molecular complexity index is 1600. The Kier molecular flexibility index (Phi) is 53.4. The molecule has 0 fully saturated rings. The molecule has 3 N–H and O–H groups in total. The van der Waals surface area contributed by atoms with Gasteiger partial charge in [0.15, 0.2) is 12.2 Å². The van der Waals surface area contributed by atoms with Crippen LogP contribution in [0.5, 0.6) is 0 Å². The molecule has 0 heterocycles. The van der Waals surface area contributed by atoms with E-state index in [4.69, 9.17) is 37.0 Å². The molecular formula is C62H120O17P2. The number of rotatable bonds is 61. The molecule has 19 heteroatoms. The Balaban J connectivity index is 5.23. The van der Waals surface area contributed by atoms with Crippen molar-refractivity contribution in [2.24, 2.45) is 11.8 Å². The molecule has 6 atom stereocenters. The number of aliphatic hydroxyl groups is 1. The first-order chi connectivity index (χ1) is 38.9. The van der Waals surface area contributed by atoms with Crippen LogP contribution in [-0.2, 0) is 65.4 Å². The molecule has 0 aromatic heterocycles. The number of hydrogen-bond acceptors (Lipinski definition) is 15. The minimum absolute atomic E-state index is 0.102. The Morgan fingerprint density at radius 3 is 0.938 bits per heavy atom. The van der Waals surface area contributed by atoms with E-state index >= 15 is 0 Å². The second kappa shape index (κ2) is 54.7. The van der Waals surface area contributed by atoms with E-state index in [0.29, 0.717) is 31.6 Å². The number of hydrogen-bond donors (Lipinski definition) is 3. The van der Waals surface area contributed by atoms with Crippen molar-refractivity contribution in [1.29, 1.82) is 0 Å². The molecule has 0 amide bonds. The topological polar surface area (TPSA) is 237 Å². The van der Waals surface area contributed by atoms with Crippen molar-refractivity contribution in [3.05, 3.63) is 0 Å². The van der Waals surface area contributed by atoms with Gasteiger partial charge >= 0.3 is 39.5 Å². The average molecular weight is 1200 g/mol. The molecule has 0 aromatic rings. The molecule has 0 saturated carbocycles. The van der Waals surface area contributed by atoms with Gasteiger partial charge < -0.3 is 33.8 Å². The van der Waals surface area contributed by atoms with Crippen LogP contribution >= 0.6 is 15.6 Å². The number of carbonyl (C=O) groups excluding carboxylic acids is 4. The molecule has 0 aliphatic carbocycles. The van der Waals surface area contributed by atoms with Crippen LogP contribution in [-0.4, -0.2) is 96.7 Å². The maximum Gasteiger partial charge on any atom is 0.472 e. The van der Waals surface area contributed by atoms with Crippen LogP contribution in [0.2, 0.25) is 0 Å². The van der Waals surface area contributed by atoms with Gasteiger partial charge in [0.1, 0.15) is 19.3 Å². The molecule has 0 aliphatic rings. The van der Waals surface area contributed by atoms with Crippen molar-refractivity contribution < 1.29 is 80.2 Å². The van der Waals surface area contributed by atoms with Gasteiger partial charge in [0.05, 0.1) is 26.4 Å². The Hall–Kier alpha value is -1.94. The molecule has 0 aliphatic heterocycles. The quantitative estimate of drug-likeness (QED) is 0.0222. The number of esters is 4. The number of ether oxygens (including phenoxy) is 4. The van der Waals surface area contributed by atoms with E-state index in [0.717, 1.165) is 102 Å². The standard InChI is InChI=1S/C62H120O17P2/c1-7-10-12-14-16-18-19-20-21-26-33-39-45-60(65)73-50-57(78-61(66)46-40-34-27-23-22-24-31-37-43-55(6)9-3)52-76-80(68,69)74-48-56(63)49-75-81(70,71)77-53-58(51-72-59(64)44-38-32-25-17-15-13-11-8-2)79-62(67)47-41-35-29-28-30-36-42-54(4)5/h54-58,63H,7-53H2,1-6H3,(H,68,69)(H,70,71)/t55?,56-,57-,58-/m1/s1. The Morgan fingerprint density at radius 1 is 0.358 bits per heavy atom. The van der Waals surface area contributed by atoms with Gasteiger partial charge in [-0.1, -0.05) is 253 Å². The first-order valence-electron chi connectivity index (χ1n) is 32.5. The molecule has 0 spiro atoms. The first kappa shape index (κ1) is 79.1. The van der Waals surface area contributed by atoms with Crippen molar-refractivity contribution in [1.82, 2.24) is 0 Å². The lowest BCUT2D eigenvalue weighted by molar-refractivity contribution is -0.161. The molecule has 0 bridgehead atoms. The fourth-order valence-electron chi connectivity index (χ4n) is 9.15. The lowest BCUT2D eigenvalue weighted by Gasteiger charge is -2.21. The van der Waals surface area contributed by atoms with Crippen molar-refractivity contribution >= 4 is 39.5 Å². The maximum absolute atomic E-state index is 13.0. The smallest absolute Gasteiger partial charge is 0.462 e. The minimum atomic E-state index is -4.94. The van der Waals surface area contributed by atoms with Crippen LogP contribution in [0.4, 0.5) is 0 Å². The lowest BCUT2D eigenvalue weighted by Crippen LogP contribution is -2.30. The summed E-state index contributed by atoms with van der Waals surface area (Å²) in [5.41, 5.74) is 0. The van der Waals surface area contributed by atoms with Crippen LogP contribution in [0.15, 0.2) is 0 Å². The zero-order chi connectivity index (χ0) is 60.1. The van der Waals surface area contributed by atoms with Gasteiger partial charge in [0, 0.05) is 25.7 Å². The average Bonchev–Trinajstić information content (AvgIpc) is 3.43. The molecule has 0 rings (SSSR count). The summed E-state index contributed by atoms with van der Waals surface area (Å²) < 4.78 is 67.8. The first-order valence-corrected chi connectivity index (χ1v) is 35.5. The summed E-state index contributed by atoms with van der Waals surface area (Å²) in [6.45, 7) is 9.36. The fourth-order valence-corrected chi connectivity index (χ4v) is 10.7. The zero-order valence-electron chi connectivity index (χ0n) is 52.1. The summed E-state index contributed by atoms with van der Waals surface area (Å²) in [5.74, 6) is -0.704. The summed E-state index contributed by atoms with van der Waals surface area (Å²) in [7, 11) is -9.88. The number of aliphatic hydroxyl groups excluding tert-OH is 1. The van der Waals surface area contributed by atoms with Gasteiger partial charge in [-0.15, -0.1) is 0 Å². The monoisotopic (exact) mass is 1200 g/mol. The minimum Gasteiger partial charge on any atom is -0.462 e. The van der Waals surface area contributed by atoms with Gasteiger partial charge in [-0.2, -0.15) is 0 Å². The largest absolute Gasteiger partial charge is 0.472 e. The highest BCUT2D eigenvalue weighted by atomic mass is 31.2. The van der Waals surface area contributed by atoms with E-state index in [1.165, 1.54) is 116 Å². The Labute approximate surface area is 492 Å². The van der Waals surface area contributed by atoms with Crippen LogP contribution < -0.4 is 0 Å². The summed E-state index contributed by atoms with van der Waals surface area (Å²) in [6, 6.07) is 0. The summed E-state index contributed by atoms with van der Waals surface area (Å²) >= 11 is 0. The third kappa shape index (κ3) is 55.7. The Morgan fingerprint density at radius 2 is 0.630 bits per heavy atom. The van der Waals surface area contributed by atoms with Crippen LogP contribution in [0, 0.1) is 11.8 Å². The fraction of sp³-hybridized carbons (Fsp3) is 0.935. The van der Waals surface area contributed by atoms with E-state index in [1.807, 2.05) is 0 Å². The van der Waals surface area contributed by atoms with Crippen molar-refractivity contribution in [3.8, 4) is 0 Å². The third-order valence-corrected chi connectivity index (χ3v) is 16.5. The lowest BCUT2D eigenvalue weighted by atomic mass is 9.99. The van der Waals surface area contributed by atoms with Gasteiger partial charge in [-0.25, -0.2) is 9.13 Å². The zero-order valence-corrected chi connectivity index (χ0v) is 53.9. The molecule has 0 radical (unpaired) electrons. The predicted octanol–water partition coefficient (Wildman–Crippen LogP) is 16.9. The van der Waals surface area contributed by atoms with Gasteiger partial charge in [0.2, 0.25) is 0 Å². The van der Waals surface area contributed by atoms with Gasteiger partial charge in [-0.05, 0) is 37.5 Å². The highest BCUT2D eigenvalue weighted by molar-refractivity contribution is 7.47. The van der Waals surface area contributed by atoms with E-state index in [9.17, 15) is 43.2 Å². The number of carbonyl (C=O) groups is 4. The molecule has 0 saturated heterocycles. The van der Waals surface area contributed by atoms with Crippen molar-refractivity contribution in [2.45, 2.75) is 323 Å². The molecule has 3 unspecified atom stereocenters. The number of unbranched alkanes of at least 4 members (excludes halogenated alkanes) is 30. The maximum atomic E-state index is 13.0. The number of phosphoric ester groups is 2. The second-order valence-corrected chi connectivity index (χ2v) is 26.1. The van der Waals surface area contributed by atoms with Crippen LogP contribution in [0.25, 0.3) is 0 Å². The van der Waals surface area contributed by atoms with E-state index in [2.05, 4.69) is 41.5 Å². The van der Waals surface area contributed by atoms with E-state index in [-0.39, 0.29) is 25.7 Å². The van der Waals surface area contributed by atoms with E-state index < -0.39 is 97.5 Å². The van der Waals surface area contributed by atoms with Gasteiger partial charge in [-0.3, -0.25) is 37.3 Å². The van der Waals surface area contributed by atoms with Crippen LogP contribution in [0.3, 0.4) is 0 Å². The summed E-state index contributed by atoms with van der Waals surface area (Å²) in [6.07, 6.45) is 36.3. The molecule has 81 heavy (non-hydrogen) atoms. The molecule has 0 aromatic carbocycles. The molecule has 17 nitrogen and oxygen atoms in total. The highest BCUT2D eigenvalue weighted by Crippen LogP contribution is 2.45. The highest BCUT2D eigenvalue weighted by Gasteiger charge is 2.30. The van der Waals surface area contributed by atoms with Crippen LogP contribution in [0.1, 0.15) is 305 Å². The van der Waals surface area contributed by atoms with E-state index in [1.54, 1.807) is 0 Å². The van der Waals surface area contributed by atoms with Gasteiger partial charge in [0.25, 0.3) is 0 Å². The molecular weight excluding hydrogens is 1080 g/mol. The van der Waals surface area contributed by atoms with Crippen molar-refractivity contribution in [2.75, 3.05) is 39.6 Å². The number of phosphoric acid groups is 2. The predicted molar refractivity (Wildman–Crippen MR) is 321 cm³/mol. The summed E-state index contributed by atoms with van der Waals surface area (Å²) in [5, 5.41) is 10.5. The molecule has 480 valence electrons. The summed E-state index contributed by atoms with van der Waals surface area (Å²) in [4.78, 5) is 72.0. The SMILES string of the molecule is CCCCCCCCCCCCCCC(=O)OC[C@H](COP(=O)(O)OC[C@@H](O)COP(=O)(O)OC[C@@H](COC(=O)CCCCCCCCCC)OC(=O)CCCCCCCCC(C)C)OC(=O)CCCCCCCCCCC(C)CC.